The van der Waals surface area contributed by atoms with Gasteiger partial charge >= 0.3 is 0 Å². The van der Waals surface area contributed by atoms with E-state index in [1.54, 1.807) is 0 Å². The van der Waals surface area contributed by atoms with Crippen molar-refractivity contribution in [1.82, 2.24) is 5.32 Å². The molecule has 0 aromatic heterocycles. The molecule has 1 aliphatic heterocycles. The molecular formula is C12H17BrN2. The molecule has 1 aliphatic rings. The molecule has 0 spiro atoms. The second kappa shape index (κ2) is 4.54. The molecule has 1 aromatic carbocycles. The standard InChI is InChI=1S/C12H17BrN2/c1-9-8-15(10(2)7-14-9)12-5-3-11(13)4-6-12/h3-6,9-10,14H,7-8H2,1-2H3. The number of piperazine rings is 1. The third kappa shape index (κ3) is 2.52. The maximum atomic E-state index is 3.49. The summed E-state index contributed by atoms with van der Waals surface area (Å²) in [6, 6.07) is 9.72. The molecule has 1 fully saturated rings. The van der Waals surface area contributed by atoms with E-state index in [-0.39, 0.29) is 0 Å². The van der Waals surface area contributed by atoms with Crippen molar-refractivity contribution in [3.05, 3.63) is 28.7 Å². The number of anilines is 1. The summed E-state index contributed by atoms with van der Waals surface area (Å²) in [7, 11) is 0. The van der Waals surface area contributed by atoms with E-state index in [2.05, 4.69) is 64.3 Å². The fourth-order valence-electron chi connectivity index (χ4n) is 2.01. The van der Waals surface area contributed by atoms with Gasteiger partial charge in [-0.3, -0.25) is 0 Å². The van der Waals surface area contributed by atoms with Crippen LogP contribution < -0.4 is 10.2 Å². The second-order valence-electron chi connectivity index (χ2n) is 4.29. The zero-order chi connectivity index (χ0) is 10.8. The minimum Gasteiger partial charge on any atom is -0.366 e. The van der Waals surface area contributed by atoms with Gasteiger partial charge in [-0.05, 0) is 38.1 Å². The number of hydrogen-bond acceptors (Lipinski definition) is 2. The third-order valence-electron chi connectivity index (χ3n) is 2.92. The highest BCUT2D eigenvalue weighted by molar-refractivity contribution is 9.10. The average Bonchev–Trinajstić information content (AvgIpc) is 2.23. The molecular weight excluding hydrogens is 252 g/mol. The van der Waals surface area contributed by atoms with Gasteiger partial charge in [-0.1, -0.05) is 15.9 Å². The second-order valence-corrected chi connectivity index (χ2v) is 5.20. The molecule has 2 unspecified atom stereocenters. The third-order valence-corrected chi connectivity index (χ3v) is 3.45. The summed E-state index contributed by atoms with van der Waals surface area (Å²) in [5.74, 6) is 0. The predicted molar refractivity (Wildman–Crippen MR) is 68.4 cm³/mol. The highest BCUT2D eigenvalue weighted by Crippen LogP contribution is 2.22. The van der Waals surface area contributed by atoms with Crippen molar-refractivity contribution in [1.29, 1.82) is 0 Å². The number of halogens is 1. The molecule has 1 aromatic rings. The van der Waals surface area contributed by atoms with Crippen molar-refractivity contribution in [2.45, 2.75) is 25.9 Å². The molecule has 0 bridgehead atoms. The van der Waals surface area contributed by atoms with Gasteiger partial charge in [0.15, 0.2) is 0 Å². The number of nitrogens with one attached hydrogen (secondary N) is 1. The van der Waals surface area contributed by atoms with Crippen LogP contribution >= 0.6 is 15.9 Å². The Morgan fingerprint density at radius 1 is 1.27 bits per heavy atom. The van der Waals surface area contributed by atoms with Crippen LogP contribution in [0.2, 0.25) is 0 Å². The summed E-state index contributed by atoms with van der Waals surface area (Å²) >= 11 is 3.47. The highest BCUT2D eigenvalue weighted by atomic mass is 79.9. The van der Waals surface area contributed by atoms with Crippen LogP contribution in [0.3, 0.4) is 0 Å². The van der Waals surface area contributed by atoms with E-state index in [1.165, 1.54) is 5.69 Å². The Balaban J connectivity index is 2.17. The first-order valence-electron chi connectivity index (χ1n) is 5.42. The molecule has 1 heterocycles. The molecule has 0 saturated carbocycles. The predicted octanol–water partition coefficient (Wildman–Crippen LogP) is 2.64. The van der Waals surface area contributed by atoms with Gasteiger partial charge in [-0.25, -0.2) is 0 Å². The van der Waals surface area contributed by atoms with Crippen LogP contribution in [-0.4, -0.2) is 25.2 Å². The maximum absolute atomic E-state index is 3.49. The molecule has 3 heteroatoms. The minimum absolute atomic E-state index is 0.572. The van der Waals surface area contributed by atoms with Crippen LogP contribution in [0.4, 0.5) is 5.69 Å². The smallest absolute Gasteiger partial charge is 0.0387 e. The number of benzene rings is 1. The molecule has 2 atom stereocenters. The van der Waals surface area contributed by atoms with Crippen molar-refractivity contribution in [3.63, 3.8) is 0 Å². The Hall–Kier alpha value is -0.540. The summed E-state index contributed by atoms with van der Waals surface area (Å²) in [5, 5.41) is 3.49. The Bertz CT molecular complexity index is 323. The van der Waals surface area contributed by atoms with Crippen LogP contribution in [0.15, 0.2) is 28.7 Å². The van der Waals surface area contributed by atoms with Gasteiger partial charge in [0.05, 0.1) is 0 Å². The van der Waals surface area contributed by atoms with E-state index in [1.807, 2.05) is 0 Å². The van der Waals surface area contributed by atoms with Gasteiger partial charge in [-0.15, -0.1) is 0 Å². The van der Waals surface area contributed by atoms with Gasteiger partial charge in [0.2, 0.25) is 0 Å². The van der Waals surface area contributed by atoms with Crippen LogP contribution in [0, 0.1) is 0 Å². The van der Waals surface area contributed by atoms with E-state index in [4.69, 9.17) is 0 Å². The normalized spacial score (nSPS) is 26.7. The largest absolute Gasteiger partial charge is 0.366 e. The van der Waals surface area contributed by atoms with Crippen LogP contribution in [0.1, 0.15) is 13.8 Å². The summed E-state index contributed by atoms with van der Waals surface area (Å²) in [4.78, 5) is 2.47. The lowest BCUT2D eigenvalue weighted by Crippen LogP contribution is -2.54. The SMILES string of the molecule is CC1CN(c2ccc(Br)cc2)C(C)CN1. The quantitative estimate of drug-likeness (QED) is 0.843. The fourth-order valence-corrected chi connectivity index (χ4v) is 2.28. The summed E-state index contributed by atoms with van der Waals surface area (Å²) in [6.07, 6.45) is 0. The Morgan fingerprint density at radius 2 is 1.93 bits per heavy atom. The van der Waals surface area contributed by atoms with E-state index in [0.717, 1.165) is 17.6 Å². The van der Waals surface area contributed by atoms with Crippen molar-refractivity contribution >= 4 is 21.6 Å². The first-order valence-corrected chi connectivity index (χ1v) is 6.21. The first-order chi connectivity index (χ1) is 7.16. The number of nitrogens with zero attached hydrogens (tertiary/aromatic N) is 1. The van der Waals surface area contributed by atoms with E-state index >= 15 is 0 Å². The van der Waals surface area contributed by atoms with Crippen LogP contribution in [0.5, 0.6) is 0 Å². The topological polar surface area (TPSA) is 15.3 Å². The molecule has 15 heavy (non-hydrogen) atoms. The van der Waals surface area contributed by atoms with Gasteiger partial charge in [0.1, 0.15) is 0 Å². The number of rotatable bonds is 1. The Kier molecular flexibility index (Phi) is 3.32. The average molecular weight is 269 g/mol. The Morgan fingerprint density at radius 3 is 2.60 bits per heavy atom. The van der Waals surface area contributed by atoms with E-state index in [0.29, 0.717) is 12.1 Å². The zero-order valence-electron chi connectivity index (χ0n) is 9.20. The van der Waals surface area contributed by atoms with Gasteiger partial charge in [-0.2, -0.15) is 0 Å². The minimum atomic E-state index is 0.572. The van der Waals surface area contributed by atoms with Crippen LogP contribution in [-0.2, 0) is 0 Å². The monoisotopic (exact) mass is 268 g/mol. The highest BCUT2D eigenvalue weighted by Gasteiger charge is 2.22. The molecule has 1 saturated heterocycles. The zero-order valence-corrected chi connectivity index (χ0v) is 10.8. The van der Waals surface area contributed by atoms with Crippen molar-refractivity contribution < 1.29 is 0 Å². The summed E-state index contributed by atoms with van der Waals surface area (Å²) in [5.41, 5.74) is 1.32. The van der Waals surface area contributed by atoms with Crippen molar-refractivity contribution in [2.75, 3.05) is 18.0 Å². The van der Waals surface area contributed by atoms with Gasteiger partial charge < -0.3 is 10.2 Å². The molecule has 2 rings (SSSR count). The molecule has 82 valence electrons. The molecule has 1 N–H and O–H groups in total. The molecule has 0 amide bonds. The number of hydrogen-bond donors (Lipinski definition) is 1. The lowest BCUT2D eigenvalue weighted by molar-refractivity contribution is 0.425. The summed E-state index contributed by atoms with van der Waals surface area (Å²) in [6.45, 7) is 6.65. The van der Waals surface area contributed by atoms with E-state index < -0.39 is 0 Å². The van der Waals surface area contributed by atoms with Crippen LogP contribution in [0.25, 0.3) is 0 Å². The Labute approximate surface area is 99.8 Å². The lowest BCUT2D eigenvalue weighted by Gasteiger charge is -2.39. The fraction of sp³-hybridized carbons (Fsp3) is 0.500. The van der Waals surface area contributed by atoms with Gasteiger partial charge in [0, 0.05) is 35.3 Å². The first kappa shape index (κ1) is 11.0. The van der Waals surface area contributed by atoms with Crippen molar-refractivity contribution in [2.24, 2.45) is 0 Å². The van der Waals surface area contributed by atoms with E-state index in [9.17, 15) is 0 Å². The molecule has 2 nitrogen and oxygen atoms in total. The lowest BCUT2D eigenvalue weighted by atomic mass is 10.1. The molecule has 0 aliphatic carbocycles. The van der Waals surface area contributed by atoms with Gasteiger partial charge in [0.25, 0.3) is 0 Å². The maximum Gasteiger partial charge on any atom is 0.0387 e. The van der Waals surface area contributed by atoms with Crippen molar-refractivity contribution in [3.8, 4) is 0 Å². The summed E-state index contributed by atoms with van der Waals surface area (Å²) < 4.78 is 1.14. The molecule has 0 radical (unpaired) electrons.